The topological polar surface area (TPSA) is 29.1 Å². The van der Waals surface area contributed by atoms with E-state index in [4.69, 9.17) is 11.6 Å². The summed E-state index contributed by atoms with van der Waals surface area (Å²) in [5, 5.41) is 3.81. The van der Waals surface area contributed by atoms with Crippen LogP contribution in [0.15, 0.2) is 24.3 Å². The van der Waals surface area contributed by atoms with Crippen LogP contribution in [0.5, 0.6) is 0 Å². The summed E-state index contributed by atoms with van der Waals surface area (Å²) in [7, 11) is 0. The van der Waals surface area contributed by atoms with Crippen molar-refractivity contribution in [1.29, 1.82) is 0 Å². The molecule has 0 atom stereocenters. The number of rotatable bonds is 3. The molecule has 0 bridgehead atoms. The first-order chi connectivity index (χ1) is 8.75. The van der Waals surface area contributed by atoms with Crippen LogP contribution in [0.1, 0.15) is 44.1 Å². The summed E-state index contributed by atoms with van der Waals surface area (Å²) in [5.74, 6) is 0.0926. The Balaban J connectivity index is 1.86. The molecule has 0 unspecified atom stereocenters. The number of carbonyl (C=O) groups is 1. The lowest BCUT2D eigenvalue weighted by molar-refractivity contribution is -0.121. The molecule has 1 saturated carbocycles. The zero-order valence-electron chi connectivity index (χ0n) is 10.6. The van der Waals surface area contributed by atoms with Crippen LogP contribution in [0.2, 0.25) is 5.02 Å². The fourth-order valence-electron chi connectivity index (χ4n) is 2.52. The van der Waals surface area contributed by atoms with Crippen LogP contribution in [0.3, 0.4) is 0 Å². The molecule has 1 fully saturated rings. The quantitative estimate of drug-likeness (QED) is 0.829. The van der Waals surface area contributed by atoms with Crippen molar-refractivity contribution in [3.05, 3.63) is 34.9 Å². The van der Waals surface area contributed by atoms with E-state index in [0.29, 0.717) is 17.5 Å². The molecule has 1 aromatic carbocycles. The van der Waals surface area contributed by atoms with E-state index in [1.807, 2.05) is 24.3 Å². The third-order valence-corrected chi connectivity index (χ3v) is 3.90. The molecule has 98 valence electrons. The average molecular weight is 266 g/mol. The van der Waals surface area contributed by atoms with Crippen LogP contribution >= 0.6 is 11.6 Å². The molecule has 1 amide bonds. The molecule has 2 nitrogen and oxygen atoms in total. The second kappa shape index (κ2) is 6.79. The minimum atomic E-state index is 0.0926. The number of hydrogen-bond acceptors (Lipinski definition) is 1. The summed E-state index contributed by atoms with van der Waals surface area (Å²) in [5.41, 5.74) is 0.908. The molecule has 1 N–H and O–H groups in total. The molecule has 0 heterocycles. The van der Waals surface area contributed by atoms with Crippen LogP contribution in [-0.4, -0.2) is 11.9 Å². The lowest BCUT2D eigenvalue weighted by Crippen LogP contribution is -2.35. The molecule has 1 aromatic rings. The molecular formula is C15H20ClNO. The van der Waals surface area contributed by atoms with Gasteiger partial charge in [-0.05, 0) is 24.5 Å². The molecular weight excluding hydrogens is 246 g/mol. The second-order valence-corrected chi connectivity index (χ2v) is 5.43. The van der Waals surface area contributed by atoms with E-state index in [0.717, 1.165) is 18.4 Å². The maximum Gasteiger partial charge on any atom is 0.224 e. The number of benzene rings is 1. The second-order valence-electron chi connectivity index (χ2n) is 5.02. The van der Waals surface area contributed by atoms with Gasteiger partial charge in [0.15, 0.2) is 0 Å². The van der Waals surface area contributed by atoms with Crippen molar-refractivity contribution >= 4 is 17.5 Å². The highest BCUT2D eigenvalue weighted by Crippen LogP contribution is 2.18. The van der Waals surface area contributed by atoms with Gasteiger partial charge in [0.2, 0.25) is 5.91 Å². The molecule has 18 heavy (non-hydrogen) atoms. The zero-order valence-corrected chi connectivity index (χ0v) is 11.4. The van der Waals surface area contributed by atoms with Gasteiger partial charge in [0.25, 0.3) is 0 Å². The number of nitrogens with one attached hydrogen (secondary N) is 1. The average Bonchev–Trinajstić information content (AvgIpc) is 2.61. The SMILES string of the molecule is O=C(Cc1ccccc1Cl)NC1CCCCCC1. The van der Waals surface area contributed by atoms with E-state index in [-0.39, 0.29) is 5.91 Å². The fraction of sp³-hybridized carbons (Fsp3) is 0.533. The van der Waals surface area contributed by atoms with E-state index >= 15 is 0 Å². The Morgan fingerprint density at radius 3 is 2.50 bits per heavy atom. The van der Waals surface area contributed by atoms with Gasteiger partial charge in [-0.2, -0.15) is 0 Å². The number of hydrogen-bond donors (Lipinski definition) is 1. The lowest BCUT2D eigenvalue weighted by Gasteiger charge is -2.16. The van der Waals surface area contributed by atoms with Crippen molar-refractivity contribution in [1.82, 2.24) is 5.32 Å². The monoisotopic (exact) mass is 265 g/mol. The molecule has 3 heteroatoms. The van der Waals surface area contributed by atoms with Gasteiger partial charge in [-0.1, -0.05) is 55.5 Å². The molecule has 0 saturated heterocycles. The van der Waals surface area contributed by atoms with E-state index in [1.54, 1.807) is 0 Å². The number of carbonyl (C=O) groups excluding carboxylic acids is 1. The Labute approximate surface area is 114 Å². The normalized spacial score (nSPS) is 17.2. The zero-order chi connectivity index (χ0) is 12.8. The summed E-state index contributed by atoms with van der Waals surface area (Å²) in [4.78, 5) is 12.0. The molecule has 0 aromatic heterocycles. The van der Waals surface area contributed by atoms with E-state index in [2.05, 4.69) is 5.32 Å². The molecule has 0 radical (unpaired) electrons. The van der Waals surface area contributed by atoms with E-state index in [9.17, 15) is 4.79 Å². The van der Waals surface area contributed by atoms with Crippen LogP contribution in [-0.2, 0) is 11.2 Å². The number of amides is 1. The highest BCUT2D eigenvalue weighted by molar-refractivity contribution is 6.31. The standard InChI is InChI=1S/C15H20ClNO/c16-14-10-6-5-7-12(14)11-15(18)17-13-8-3-1-2-4-9-13/h5-7,10,13H,1-4,8-9,11H2,(H,17,18). The third-order valence-electron chi connectivity index (χ3n) is 3.53. The first-order valence-electron chi connectivity index (χ1n) is 6.78. The molecule has 0 spiro atoms. The Bertz CT molecular complexity index is 397. The minimum Gasteiger partial charge on any atom is -0.353 e. The van der Waals surface area contributed by atoms with Crippen molar-refractivity contribution in [2.75, 3.05) is 0 Å². The van der Waals surface area contributed by atoms with Crippen molar-refractivity contribution < 1.29 is 4.79 Å². The summed E-state index contributed by atoms with van der Waals surface area (Å²) in [6, 6.07) is 7.91. The van der Waals surface area contributed by atoms with Crippen LogP contribution in [0.4, 0.5) is 0 Å². The van der Waals surface area contributed by atoms with Gasteiger partial charge in [0.05, 0.1) is 6.42 Å². The maximum atomic E-state index is 12.0. The van der Waals surface area contributed by atoms with Gasteiger partial charge in [-0.25, -0.2) is 0 Å². The number of halogens is 1. The van der Waals surface area contributed by atoms with Crippen LogP contribution < -0.4 is 5.32 Å². The first-order valence-corrected chi connectivity index (χ1v) is 7.16. The summed E-state index contributed by atoms with van der Waals surface area (Å²) in [6.07, 6.45) is 7.69. The Kier molecular flexibility index (Phi) is 5.06. The first kappa shape index (κ1) is 13.4. The summed E-state index contributed by atoms with van der Waals surface area (Å²) in [6.45, 7) is 0. The Morgan fingerprint density at radius 2 is 1.83 bits per heavy atom. The van der Waals surface area contributed by atoms with E-state index in [1.165, 1.54) is 25.7 Å². The highest BCUT2D eigenvalue weighted by Gasteiger charge is 2.15. The van der Waals surface area contributed by atoms with Crippen molar-refractivity contribution in [2.45, 2.75) is 51.0 Å². The molecule has 0 aliphatic heterocycles. The largest absolute Gasteiger partial charge is 0.353 e. The van der Waals surface area contributed by atoms with Crippen molar-refractivity contribution in [3.8, 4) is 0 Å². The van der Waals surface area contributed by atoms with Gasteiger partial charge >= 0.3 is 0 Å². The molecule has 1 aliphatic carbocycles. The minimum absolute atomic E-state index is 0.0926. The van der Waals surface area contributed by atoms with Crippen LogP contribution in [0.25, 0.3) is 0 Å². The van der Waals surface area contributed by atoms with Crippen LogP contribution in [0, 0.1) is 0 Å². The summed E-state index contributed by atoms with van der Waals surface area (Å²) >= 11 is 6.06. The lowest BCUT2D eigenvalue weighted by atomic mass is 10.1. The Hall–Kier alpha value is -1.02. The van der Waals surface area contributed by atoms with Crippen molar-refractivity contribution in [2.24, 2.45) is 0 Å². The Morgan fingerprint density at radius 1 is 1.17 bits per heavy atom. The van der Waals surface area contributed by atoms with Gasteiger partial charge in [0.1, 0.15) is 0 Å². The van der Waals surface area contributed by atoms with Gasteiger partial charge in [0, 0.05) is 11.1 Å². The molecule has 1 aliphatic rings. The maximum absolute atomic E-state index is 12.0. The third kappa shape index (κ3) is 4.02. The van der Waals surface area contributed by atoms with Gasteiger partial charge in [-0.15, -0.1) is 0 Å². The fourth-order valence-corrected chi connectivity index (χ4v) is 2.72. The van der Waals surface area contributed by atoms with Gasteiger partial charge < -0.3 is 5.32 Å². The molecule has 2 rings (SSSR count). The van der Waals surface area contributed by atoms with E-state index < -0.39 is 0 Å². The summed E-state index contributed by atoms with van der Waals surface area (Å²) < 4.78 is 0. The van der Waals surface area contributed by atoms with Crippen molar-refractivity contribution in [3.63, 3.8) is 0 Å². The smallest absolute Gasteiger partial charge is 0.224 e. The predicted molar refractivity (Wildman–Crippen MR) is 74.8 cm³/mol. The highest BCUT2D eigenvalue weighted by atomic mass is 35.5. The van der Waals surface area contributed by atoms with Gasteiger partial charge in [-0.3, -0.25) is 4.79 Å². The predicted octanol–water partition coefficient (Wildman–Crippen LogP) is 3.72.